The van der Waals surface area contributed by atoms with Gasteiger partial charge in [-0.25, -0.2) is 13.4 Å². The van der Waals surface area contributed by atoms with Gasteiger partial charge in [-0.05, 0) is 28.1 Å². The second kappa shape index (κ2) is 3.29. The van der Waals surface area contributed by atoms with E-state index < -0.39 is 9.84 Å². The average Bonchev–Trinajstić information content (AvgIpc) is 2.44. The second-order valence-corrected chi connectivity index (χ2v) is 5.83. The van der Waals surface area contributed by atoms with Gasteiger partial charge in [-0.2, -0.15) is 0 Å². The first-order valence-corrected chi connectivity index (χ1v) is 5.99. The lowest BCUT2D eigenvalue weighted by molar-refractivity contribution is 0.615. The number of aromatic nitrogens is 1. The Morgan fingerprint density at radius 2 is 2.14 bits per heavy atom. The number of hydrogen-bond donors (Lipinski definition) is 0. The SMILES string of the molecule is O=S1(=O)C(Br)=CN=C1c1cccnc1. The maximum atomic E-state index is 11.6. The third-order valence-corrected chi connectivity index (χ3v) is 4.66. The molecule has 2 heterocycles. The summed E-state index contributed by atoms with van der Waals surface area (Å²) in [5.74, 6) is 0. The minimum absolute atomic E-state index is 0.0393. The molecule has 0 bridgehead atoms. The van der Waals surface area contributed by atoms with E-state index in [9.17, 15) is 8.42 Å². The van der Waals surface area contributed by atoms with E-state index in [4.69, 9.17) is 0 Å². The molecule has 0 aromatic carbocycles. The topological polar surface area (TPSA) is 59.4 Å². The van der Waals surface area contributed by atoms with E-state index in [1.54, 1.807) is 18.3 Å². The van der Waals surface area contributed by atoms with Gasteiger partial charge in [-0.15, -0.1) is 0 Å². The van der Waals surface area contributed by atoms with Crippen molar-refractivity contribution in [3.05, 3.63) is 40.1 Å². The van der Waals surface area contributed by atoms with Gasteiger partial charge in [0.1, 0.15) is 3.81 Å². The summed E-state index contributed by atoms with van der Waals surface area (Å²) in [5.41, 5.74) is 0.498. The number of hydrogen-bond acceptors (Lipinski definition) is 4. The lowest BCUT2D eigenvalue weighted by atomic mass is 10.3. The molecule has 0 atom stereocenters. The lowest BCUT2D eigenvalue weighted by Crippen LogP contribution is -2.12. The Kier molecular flexibility index (Phi) is 2.24. The van der Waals surface area contributed by atoms with Crippen molar-refractivity contribution in [3.63, 3.8) is 0 Å². The third-order valence-electron chi connectivity index (χ3n) is 1.70. The molecule has 1 aromatic rings. The van der Waals surface area contributed by atoms with E-state index in [-0.39, 0.29) is 8.86 Å². The van der Waals surface area contributed by atoms with Crippen LogP contribution in [-0.4, -0.2) is 18.4 Å². The number of aliphatic imine (C=N–C) groups is 1. The van der Waals surface area contributed by atoms with E-state index in [2.05, 4.69) is 25.9 Å². The second-order valence-electron chi connectivity index (χ2n) is 2.61. The Bertz CT molecular complexity index is 520. The summed E-state index contributed by atoms with van der Waals surface area (Å²) in [6.45, 7) is 0. The van der Waals surface area contributed by atoms with Crippen molar-refractivity contribution in [1.29, 1.82) is 0 Å². The fourth-order valence-corrected chi connectivity index (χ4v) is 2.62. The summed E-state index contributed by atoms with van der Waals surface area (Å²) in [6, 6.07) is 3.32. The van der Waals surface area contributed by atoms with Gasteiger partial charge < -0.3 is 0 Å². The van der Waals surface area contributed by atoms with Crippen molar-refractivity contribution in [2.24, 2.45) is 4.99 Å². The van der Waals surface area contributed by atoms with Crippen LogP contribution in [0.2, 0.25) is 0 Å². The molecular formula is C8H5BrN2O2S. The van der Waals surface area contributed by atoms with Crippen LogP contribution in [-0.2, 0) is 9.84 Å². The summed E-state index contributed by atoms with van der Waals surface area (Å²) in [7, 11) is -3.43. The molecule has 0 N–H and O–H groups in total. The van der Waals surface area contributed by atoms with Gasteiger partial charge in [0.05, 0.1) is 6.20 Å². The molecule has 1 aliphatic rings. The van der Waals surface area contributed by atoms with Crippen LogP contribution in [0.4, 0.5) is 0 Å². The summed E-state index contributed by atoms with van der Waals surface area (Å²) in [5, 5.41) is 0.0393. The van der Waals surface area contributed by atoms with Gasteiger partial charge in [0.15, 0.2) is 5.04 Å². The highest BCUT2D eigenvalue weighted by molar-refractivity contribution is 9.14. The van der Waals surface area contributed by atoms with Crippen LogP contribution in [0.1, 0.15) is 5.56 Å². The van der Waals surface area contributed by atoms with Gasteiger partial charge in [0.2, 0.25) is 9.84 Å². The summed E-state index contributed by atoms with van der Waals surface area (Å²) >= 11 is 2.94. The Labute approximate surface area is 89.4 Å². The van der Waals surface area contributed by atoms with Gasteiger partial charge in [-0.3, -0.25) is 4.98 Å². The largest absolute Gasteiger partial charge is 0.264 e. The monoisotopic (exact) mass is 272 g/mol. The summed E-state index contributed by atoms with van der Waals surface area (Å²) in [4.78, 5) is 7.66. The van der Waals surface area contributed by atoms with Crippen LogP contribution in [0.25, 0.3) is 0 Å². The number of sulfone groups is 1. The Hall–Kier alpha value is -1.01. The van der Waals surface area contributed by atoms with Crippen LogP contribution in [0.15, 0.2) is 39.5 Å². The van der Waals surface area contributed by atoms with Crippen molar-refractivity contribution in [2.75, 3.05) is 0 Å². The molecule has 6 heteroatoms. The van der Waals surface area contributed by atoms with Crippen LogP contribution in [0, 0.1) is 0 Å². The smallest absolute Gasteiger partial charge is 0.232 e. The molecule has 1 aliphatic heterocycles. The standard InChI is InChI=1S/C8H5BrN2O2S/c9-7-5-11-8(14(7,12)13)6-2-1-3-10-4-6/h1-5H. The fourth-order valence-electron chi connectivity index (χ4n) is 1.06. The van der Waals surface area contributed by atoms with E-state index in [0.717, 1.165) is 0 Å². The maximum absolute atomic E-state index is 11.6. The zero-order valence-electron chi connectivity index (χ0n) is 6.88. The molecule has 4 nitrogen and oxygen atoms in total. The van der Waals surface area contributed by atoms with E-state index >= 15 is 0 Å². The third kappa shape index (κ3) is 1.40. The van der Waals surface area contributed by atoms with Crippen LogP contribution in [0.5, 0.6) is 0 Å². The molecule has 0 aliphatic carbocycles. The van der Waals surface area contributed by atoms with Gasteiger partial charge in [0.25, 0.3) is 0 Å². The predicted molar refractivity (Wildman–Crippen MR) is 56.7 cm³/mol. The van der Waals surface area contributed by atoms with E-state index in [1.807, 2.05) is 0 Å². The molecule has 2 rings (SSSR count). The zero-order chi connectivity index (χ0) is 10.2. The van der Waals surface area contributed by atoms with Gasteiger partial charge >= 0.3 is 0 Å². The number of pyridine rings is 1. The highest BCUT2D eigenvalue weighted by atomic mass is 79.9. The number of rotatable bonds is 1. The molecule has 0 amide bonds. The van der Waals surface area contributed by atoms with Crippen molar-refractivity contribution < 1.29 is 8.42 Å². The van der Waals surface area contributed by atoms with E-state index in [1.165, 1.54) is 12.4 Å². The zero-order valence-corrected chi connectivity index (χ0v) is 9.29. The van der Waals surface area contributed by atoms with Gasteiger partial charge in [-0.1, -0.05) is 0 Å². The molecule has 0 saturated heterocycles. The molecule has 0 spiro atoms. The first kappa shape index (κ1) is 9.54. The quantitative estimate of drug-likeness (QED) is 0.778. The Balaban J connectivity index is 2.53. The first-order chi connectivity index (χ1) is 6.62. The van der Waals surface area contributed by atoms with Crippen LogP contribution in [0.3, 0.4) is 0 Å². The lowest BCUT2D eigenvalue weighted by Gasteiger charge is -1.99. The fraction of sp³-hybridized carbons (Fsp3) is 0. The van der Waals surface area contributed by atoms with Crippen molar-refractivity contribution in [2.45, 2.75) is 0 Å². The molecule has 1 aromatic heterocycles. The molecular weight excluding hydrogens is 268 g/mol. The average molecular weight is 273 g/mol. The van der Waals surface area contributed by atoms with Crippen molar-refractivity contribution in [1.82, 2.24) is 4.98 Å². The molecule has 14 heavy (non-hydrogen) atoms. The maximum Gasteiger partial charge on any atom is 0.232 e. The minimum Gasteiger partial charge on any atom is -0.264 e. The Morgan fingerprint density at radius 1 is 1.36 bits per heavy atom. The molecule has 0 fully saturated rings. The molecule has 72 valence electrons. The normalized spacial score (nSPS) is 18.9. The summed E-state index contributed by atoms with van der Waals surface area (Å²) < 4.78 is 23.3. The first-order valence-electron chi connectivity index (χ1n) is 3.71. The summed E-state index contributed by atoms with van der Waals surface area (Å²) in [6.07, 6.45) is 4.32. The van der Waals surface area contributed by atoms with E-state index in [0.29, 0.717) is 5.56 Å². The molecule has 0 radical (unpaired) electrons. The minimum atomic E-state index is -3.43. The number of nitrogens with zero attached hydrogens (tertiary/aromatic N) is 2. The molecule has 0 unspecified atom stereocenters. The van der Waals surface area contributed by atoms with Gasteiger partial charge in [0, 0.05) is 18.0 Å². The predicted octanol–water partition coefficient (Wildman–Crippen LogP) is 1.45. The van der Waals surface area contributed by atoms with Crippen LogP contribution < -0.4 is 0 Å². The number of halogens is 1. The highest BCUT2D eigenvalue weighted by Gasteiger charge is 2.28. The van der Waals surface area contributed by atoms with Crippen molar-refractivity contribution >= 4 is 30.8 Å². The Morgan fingerprint density at radius 3 is 2.64 bits per heavy atom. The molecule has 0 saturated carbocycles. The highest BCUT2D eigenvalue weighted by Crippen LogP contribution is 2.25. The van der Waals surface area contributed by atoms with Crippen molar-refractivity contribution in [3.8, 4) is 0 Å². The van der Waals surface area contributed by atoms with Crippen LogP contribution >= 0.6 is 15.9 Å².